The number of methoxy groups -OCH3 is 1. The lowest BCUT2D eigenvalue weighted by Crippen LogP contribution is -2.67. The van der Waals surface area contributed by atoms with E-state index >= 15 is 4.79 Å². The molecule has 0 aliphatic heterocycles. The van der Waals surface area contributed by atoms with Crippen LogP contribution < -0.4 is 15.1 Å². The first-order valence-corrected chi connectivity index (χ1v) is 35.0. The van der Waals surface area contributed by atoms with Gasteiger partial charge >= 0.3 is 5.97 Å². The Kier molecular flexibility index (Phi) is 24.4. The van der Waals surface area contributed by atoms with Crippen molar-refractivity contribution in [1.82, 2.24) is 0 Å². The molecule has 400 valence electrons. The largest absolute Gasteiger partial charge is 0.497 e. The Balaban J connectivity index is 2.30. The van der Waals surface area contributed by atoms with E-state index in [1.807, 2.05) is 48.6 Å². The molecule has 0 radical (unpaired) electrons. The molecule has 72 heavy (non-hydrogen) atoms. The lowest BCUT2D eigenvalue weighted by molar-refractivity contribution is -0.151. The number of ether oxygens (including phenoxy) is 3. The summed E-state index contributed by atoms with van der Waals surface area (Å²) in [4.78, 5) is 29.9. The van der Waals surface area contributed by atoms with Gasteiger partial charge in [-0.3, -0.25) is 4.79 Å². The van der Waals surface area contributed by atoms with E-state index in [0.29, 0.717) is 24.8 Å². The number of carbonyl (C=O) groups is 2. The van der Waals surface area contributed by atoms with Gasteiger partial charge in [-0.15, -0.1) is 6.58 Å². The fourth-order valence-electron chi connectivity index (χ4n) is 8.49. The van der Waals surface area contributed by atoms with Crippen molar-refractivity contribution in [2.24, 2.45) is 11.8 Å². The molecule has 0 saturated carbocycles. The van der Waals surface area contributed by atoms with Crippen LogP contribution >= 0.6 is 22.6 Å². The summed E-state index contributed by atoms with van der Waals surface area (Å²) in [6, 6.07) is 28.8. The summed E-state index contributed by atoms with van der Waals surface area (Å²) >= 11 is 2.31. The van der Waals surface area contributed by atoms with Crippen LogP contribution in [0, 0.1) is 11.8 Å². The second kappa shape index (κ2) is 27.7. The summed E-state index contributed by atoms with van der Waals surface area (Å²) in [5, 5.41) is 1.68. The first kappa shape index (κ1) is 63.3. The highest BCUT2D eigenvalue weighted by molar-refractivity contribution is 14.1. The molecule has 3 aromatic carbocycles. The van der Waals surface area contributed by atoms with Crippen molar-refractivity contribution in [2.75, 3.05) is 13.7 Å². The number of esters is 1. The summed E-state index contributed by atoms with van der Waals surface area (Å²) in [5.74, 6) is 0.118. The van der Waals surface area contributed by atoms with Gasteiger partial charge in [0, 0.05) is 12.0 Å². The monoisotopic (exact) mass is 1150 g/mol. The molecule has 0 heterocycles. The van der Waals surface area contributed by atoms with Crippen molar-refractivity contribution in [3.05, 3.63) is 124 Å². The van der Waals surface area contributed by atoms with Gasteiger partial charge < -0.3 is 27.5 Å². The van der Waals surface area contributed by atoms with Gasteiger partial charge in [0.25, 0.3) is 8.32 Å². The van der Waals surface area contributed by atoms with E-state index in [4.69, 9.17) is 27.5 Å². The van der Waals surface area contributed by atoms with Crippen LogP contribution in [0.25, 0.3) is 0 Å². The van der Waals surface area contributed by atoms with Gasteiger partial charge in [-0.2, -0.15) is 0 Å². The van der Waals surface area contributed by atoms with Crippen LogP contribution in [-0.2, 0) is 38.9 Å². The summed E-state index contributed by atoms with van der Waals surface area (Å²) < 4.78 is 43.5. The Bertz CT molecular complexity index is 2170. The molecular formula is C60H93IO8Si3. The maximum atomic E-state index is 15.7. The van der Waals surface area contributed by atoms with Crippen molar-refractivity contribution in [3.63, 3.8) is 0 Å². The molecule has 0 aromatic heterocycles. The summed E-state index contributed by atoms with van der Waals surface area (Å²) in [6.45, 7) is 41.5. The SMILES string of the molecule is C=CCC/C=C(\C)C(=O)O[C@@H](CO[Si](c1ccccc1)(c1ccccc1)C(C)(C)C)C[C@@H](C)[C@H](O[Si](C)(C)C(C)(C)C)[C@@H](OCc1ccc(OC)cc1)C(=O)C[C@H](C[C@H](C)/C(C)=C/I)O[Si](C)(C)C(C)(C)C. The van der Waals surface area contributed by atoms with Crippen LogP contribution in [0.4, 0.5) is 0 Å². The average Bonchev–Trinajstić information content (AvgIpc) is 3.30. The third-order valence-corrected chi connectivity index (χ3v) is 30.2. The first-order valence-electron chi connectivity index (χ1n) is 26.1. The first-order chi connectivity index (χ1) is 33.4. The molecule has 3 rings (SSSR count). The van der Waals surface area contributed by atoms with Crippen molar-refractivity contribution in [1.29, 1.82) is 0 Å². The lowest BCUT2D eigenvalue weighted by Gasteiger charge is -2.45. The summed E-state index contributed by atoms with van der Waals surface area (Å²) in [6.07, 6.45) is 3.63. The third-order valence-electron chi connectivity index (χ3n) is 15.2. The molecule has 0 unspecified atom stereocenters. The molecule has 0 fully saturated rings. The predicted octanol–water partition coefficient (Wildman–Crippen LogP) is 15.1. The van der Waals surface area contributed by atoms with Crippen LogP contribution in [0.1, 0.15) is 128 Å². The minimum absolute atomic E-state index is 0.0656. The Morgan fingerprint density at radius 1 is 0.708 bits per heavy atom. The number of halogens is 1. The Hall–Kier alpha value is -2.96. The smallest absolute Gasteiger partial charge is 0.333 e. The molecule has 0 N–H and O–H groups in total. The maximum absolute atomic E-state index is 15.7. The molecule has 0 amide bonds. The second-order valence-electron chi connectivity index (χ2n) is 24.1. The molecule has 3 aromatic rings. The Labute approximate surface area is 454 Å². The number of hydrogen-bond acceptors (Lipinski definition) is 8. The Morgan fingerprint density at radius 2 is 1.24 bits per heavy atom. The topological polar surface area (TPSA) is 89.5 Å². The summed E-state index contributed by atoms with van der Waals surface area (Å²) in [5.41, 5.74) is 2.68. The molecule has 6 atom stereocenters. The minimum Gasteiger partial charge on any atom is -0.497 e. The predicted molar refractivity (Wildman–Crippen MR) is 317 cm³/mol. The van der Waals surface area contributed by atoms with Gasteiger partial charge in [-0.1, -0.05) is 189 Å². The van der Waals surface area contributed by atoms with Gasteiger partial charge in [-0.25, -0.2) is 4.79 Å². The standard InChI is InChI=1S/C60H93IO8Si3/c1-20-21-24-29-44(2)57(63)67-51(43-66-72(60(12,13)14,52-30-25-22-26-31-52)53-32-27-23-28-33-53)39-46(4)55(69-71(18,19)59(9,10)11)56(65-42-48-34-36-49(64-15)37-35-48)54(62)40-50(38-45(3)47(5)41-61)68-70(16,17)58(6,7)8/h20,22-23,25-37,41,45-46,50-51,55-56H,1,21,24,38-40,42-43H2,2-19H3/b44-29+,47-41+/t45-,46+,50-,51+,55-,56-/m0/s1. The van der Waals surface area contributed by atoms with Crippen LogP contribution in [0.3, 0.4) is 0 Å². The van der Waals surface area contributed by atoms with E-state index in [-0.39, 0.29) is 58.5 Å². The van der Waals surface area contributed by atoms with Gasteiger partial charge in [0.2, 0.25) is 0 Å². The molecule has 0 saturated heterocycles. The Morgan fingerprint density at radius 3 is 1.71 bits per heavy atom. The van der Waals surface area contributed by atoms with Gasteiger partial charge in [-0.05, 0) is 125 Å². The van der Waals surface area contributed by atoms with Gasteiger partial charge in [0.1, 0.15) is 18.0 Å². The van der Waals surface area contributed by atoms with Crippen molar-refractivity contribution in [3.8, 4) is 5.75 Å². The normalized spacial score (nSPS) is 16.0. The van der Waals surface area contributed by atoms with Gasteiger partial charge in [0.05, 0.1) is 32.5 Å². The fraction of sp³-hybridized carbons (Fsp3) is 0.567. The van der Waals surface area contributed by atoms with Crippen molar-refractivity contribution >= 4 is 69.7 Å². The second-order valence-corrected chi connectivity index (χ2v) is 38.5. The van der Waals surface area contributed by atoms with E-state index in [1.54, 1.807) is 14.0 Å². The fourth-order valence-corrected chi connectivity index (χ4v) is 16.5. The zero-order valence-corrected chi connectivity index (χ0v) is 52.7. The molecule has 0 aliphatic carbocycles. The van der Waals surface area contributed by atoms with Crippen molar-refractivity contribution in [2.45, 2.75) is 194 Å². The van der Waals surface area contributed by atoms with Crippen LogP contribution in [0.5, 0.6) is 5.75 Å². The highest BCUT2D eigenvalue weighted by Crippen LogP contribution is 2.42. The van der Waals surface area contributed by atoms with Crippen LogP contribution in [-0.4, -0.2) is 74.8 Å². The lowest BCUT2D eigenvalue weighted by atomic mass is 9.89. The molecule has 0 bridgehead atoms. The molecule has 0 aliphatic rings. The van der Waals surface area contributed by atoms with Gasteiger partial charge in [0.15, 0.2) is 22.4 Å². The zero-order chi connectivity index (χ0) is 54.3. The third kappa shape index (κ3) is 17.8. The van der Waals surface area contributed by atoms with Crippen molar-refractivity contribution < 1.29 is 37.1 Å². The highest BCUT2D eigenvalue weighted by atomic mass is 127. The van der Waals surface area contributed by atoms with E-state index in [9.17, 15) is 4.79 Å². The molecular weight excluding hydrogens is 1060 g/mol. The zero-order valence-electron chi connectivity index (χ0n) is 47.6. The quantitative estimate of drug-likeness (QED) is 0.0177. The maximum Gasteiger partial charge on any atom is 0.333 e. The van der Waals surface area contributed by atoms with Crippen LogP contribution in [0.2, 0.25) is 41.3 Å². The summed E-state index contributed by atoms with van der Waals surface area (Å²) in [7, 11) is -6.39. The number of allylic oxidation sites excluding steroid dienone is 3. The minimum atomic E-state index is -3.07. The number of unbranched alkanes of at least 4 members (excludes halogenated alkanes) is 1. The number of ketones is 1. The number of carbonyl (C=O) groups excluding carboxylic acids is 2. The van der Waals surface area contributed by atoms with E-state index in [0.717, 1.165) is 28.1 Å². The van der Waals surface area contributed by atoms with E-state index in [1.165, 1.54) is 5.57 Å². The van der Waals surface area contributed by atoms with Crippen LogP contribution in [0.15, 0.2) is 119 Å². The molecule has 8 nitrogen and oxygen atoms in total. The molecule has 12 heteroatoms. The highest BCUT2D eigenvalue weighted by Gasteiger charge is 2.51. The number of benzene rings is 3. The number of hydrogen-bond donors (Lipinski definition) is 0. The van der Waals surface area contributed by atoms with E-state index < -0.39 is 49.2 Å². The molecule has 0 spiro atoms. The average molecular weight is 1150 g/mol. The number of rotatable bonds is 28. The number of Topliss-reactive ketones (excluding diaryl/α,β-unsaturated/α-hetero) is 1. The van der Waals surface area contributed by atoms with E-state index in [2.05, 4.69) is 191 Å².